The number of hydrogen-bond acceptors (Lipinski definition) is 3. The van der Waals surface area contributed by atoms with Gasteiger partial charge >= 0.3 is 0 Å². The molecule has 0 heterocycles. The van der Waals surface area contributed by atoms with Crippen molar-refractivity contribution < 1.29 is 14.3 Å². The first-order valence-electron chi connectivity index (χ1n) is 5.85. The predicted molar refractivity (Wildman–Crippen MR) is 82.0 cm³/mol. The summed E-state index contributed by atoms with van der Waals surface area (Å²) in [6.45, 7) is -0.0503. The number of Topliss-reactive ketones (excluding diaryl/α,β-unsaturated/α-hetero) is 1. The van der Waals surface area contributed by atoms with Gasteiger partial charge in [-0.1, -0.05) is 23.7 Å². The number of hydrogen-bond donors (Lipinski definition) is 0. The van der Waals surface area contributed by atoms with Crippen molar-refractivity contribution in [3.05, 3.63) is 57.5 Å². The minimum Gasteiger partial charge on any atom is -0.497 e. The van der Waals surface area contributed by atoms with Crippen LogP contribution in [0.25, 0.3) is 0 Å². The van der Waals surface area contributed by atoms with Crippen LogP contribution in [-0.4, -0.2) is 19.5 Å². The molecule has 0 radical (unpaired) electrons. The molecule has 0 saturated heterocycles. The Hall–Kier alpha value is -1.52. The van der Waals surface area contributed by atoms with E-state index in [0.717, 1.165) is 4.47 Å². The molecule has 0 amide bonds. The first-order valence-corrected chi connectivity index (χ1v) is 7.02. The zero-order chi connectivity index (χ0) is 14.5. The fourth-order valence-corrected chi connectivity index (χ4v) is 2.28. The highest BCUT2D eigenvalue weighted by Gasteiger charge is 2.09. The van der Waals surface area contributed by atoms with Crippen LogP contribution < -0.4 is 9.47 Å². The summed E-state index contributed by atoms with van der Waals surface area (Å²) in [5, 5.41) is 0.529. The molecule has 3 nitrogen and oxygen atoms in total. The lowest BCUT2D eigenvalue weighted by Crippen LogP contribution is -2.11. The van der Waals surface area contributed by atoms with Crippen molar-refractivity contribution in [2.45, 2.75) is 0 Å². The Labute approximate surface area is 130 Å². The highest BCUT2D eigenvalue weighted by Crippen LogP contribution is 2.29. The van der Waals surface area contributed by atoms with E-state index in [4.69, 9.17) is 21.1 Å². The van der Waals surface area contributed by atoms with Gasteiger partial charge in [-0.2, -0.15) is 0 Å². The maximum Gasteiger partial charge on any atom is 0.200 e. The summed E-state index contributed by atoms with van der Waals surface area (Å²) in [5.41, 5.74) is 0.530. The molecule has 2 aromatic carbocycles. The van der Waals surface area contributed by atoms with Crippen LogP contribution in [0.4, 0.5) is 0 Å². The Morgan fingerprint density at radius 2 is 2.05 bits per heavy atom. The molecule has 0 bridgehead atoms. The molecule has 5 heteroatoms. The number of carbonyl (C=O) groups is 1. The standard InChI is InChI=1S/C15H12BrClO3/c1-19-12-5-6-15(13(16)8-12)20-9-14(18)10-3-2-4-11(17)7-10/h2-8H,9H2,1H3. The van der Waals surface area contributed by atoms with Crippen LogP contribution in [0.3, 0.4) is 0 Å². The SMILES string of the molecule is COc1ccc(OCC(=O)c2cccc(Cl)c2)c(Br)c1. The third-order valence-electron chi connectivity index (χ3n) is 2.64. The second-order valence-electron chi connectivity index (χ2n) is 4.02. The van der Waals surface area contributed by atoms with Crippen LogP contribution in [0.15, 0.2) is 46.9 Å². The lowest BCUT2D eigenvalue weighted by Gasteiger charge is -2.09. The molecule has 0 aliphatic carbocycles. The Morgan fingerprint density at radius 3 is 2.70 bits per heavy atom. The zero-order valence-corrected chi connectivity index (χ0v) is 13.1. The number of carbonyl (C=O) groups excluding carboxylic acids is 1. The molecule has 104 valence electrons. The fraction of sp³-hybridized carbons (Fsp3) is 0.133. The van der Waals surface area contributed by atoms with Crippen molar-refractivity contribution in [2.24, 2.45) is 0 Å². The van der Waals surface area contributed by atoms with Gasteiger partial charge in [0.15, 0.2) is 12.4 Å². The van der Waals surface area contributed by atoms with Gasteiger partial charge in [0.25, 0.3) is 0 Å². The molecular weight excluding hydrogens is 344 g/mol. The van der Waals surface area contributed by atoms with Crippen LogP contribution in [-0.2, 0) is 0 Å². The normalized spacial score (nSPS) is 10.2. The van der Waals surface area contributed by atoms with E-state index in [2.05, 4.69) is 15.9 Å². The summed E-state index contributed by atoms with van der Waals surface area (Å²) < 4.78 is 11.3. The second kappa shape index (κ2) is 6.77. The molecule has 0 spiro atoms. The Bertz CT molecular complexity index is 628. The van der Waals surface area contributed by atoms with Crippen molar-refractivity contribution >= 4 is 33.3 Å². The van der Waals surface area contributed by atoms with Gasteiger partial charge in [0.1, 0.15) is 11.5 Å². The van der Waals surface area contributed by atoms with E-state index in [1.165, 1.54) is 0 Å². The van der Waals surface area contributed by atoms with Gasteiger partial charge in [-0.15, -0.1) is 0 Å². The molecule has 0 N–H and O–H groups in total. The van der Waals surface area contributed by atoms with Gasteiger partial charge in [0.05, 0.1) is 11.6 Å². The Morgan fingerprint density at radius 1 is 1.25 bits per heavy atom. The maximum atomic E-state index is 12.0. The monoisotopic (exact) mass is 354 g/mol. The van der Waals surface area contributed by atoms with E-state index < -0.39 is 0 Å². The average molecular weight is 356 g/mol. The Balaban J connectivity index is 2.03. The number of ketones is 1. The number of methoxy groups -OCH3 is 1. The summed E-state index contributed by atoms with van der Waals surface area (Å²) in [7, 11) is 1.59. The van der Waals surface area contributed by atoms with E-state index in [1.54, 1.807) is 49.6 Å². The van der Waals surface area contributed by atoms with Gasteiger partial charge in [0, 0.05) is 10.6 Å². The van der Waals surface area contributed by atoms with Crippen molar-refractivity contribution in [1.82, 2.24) is 0 Å². The summed E-state index contributed by atoms with van der Waals surface area (Å²) in [4.78, 5) is 12.0. The molecule has 0 aliphatic heterocycles. The minimum atomic E-state index is -0.129. The molecule has 0 aliphatic rings. The first kappa shape index (κ1) is 14.9. The van der Waals surface area contributed by atoms with E-state index >= 15 is 0 Å². The van der Waals surface area contributed by atoms with Crippen LogP contribution in [0.5, 0.6) is 11.5 Å². The second-order valence-corrected chi connectivity index (χ2v) is 5.31. The van der Waals surface area contributed by atoms with Crippen LogP contribution in [0.2, 0.25) is 5.02 Å². The third kappa shape index (κ3) is 3.74. The van der Waals surface area contributed by atoms with Crippen LogP contribution in [0, 0.1) is 0 Å². The topological polar surface area (TPSA) is 35.5 Å². The molecular formula is C15H12BrClO3. The number of rotatable bonds is 5. The third-order valence-corrected chi connectivity index (χ3v) is 3.50. The van der Waals surface area contributed by atoms with Crippen molar-refractivity contribution in [1.29, 1.82) is 0 Å². The summed E-state index contributed by atoms with van der Waals surface area (Å²) in [6.07, 6.45) is 0. The van der Waals surface area contributed by atoms with Gasteiger partial charge < -0.3 is 9.47 Å². The zero-order valence-electron chi connectivity index (χ0n) is 10.7. The highest BCUT2D eigenvalue weighted by molar-refractivity contribution is 9.10. The first-order chi connectivity index (χ1) is 9.60. The van der Waals surface area contributed by atoms with Gasteiger partial charge in [-0.3, -0.25) is 4.79 Å². The van der Waals surface area contributed by atoms with Crippen molar-refractivity contribution in [3.8, 4) is 11.5 Å². The van der Waals surface area contributed by atoms with E-state index in [9.17, 15) is 4.79 Å². The maximum absolute atomic E-state index is 12.0. The summed E-state index contributed by atoms with van der Waals surface area (Å²) >= 11 is 9.22. The van der Waals surface area contributed by atoms with E-state index in [1.807, 2.05) is 0 Å². The molecule has 0 atom stereocenters. The molecule has 2 rings (SSSR count). The molecule has 2 aromatic rings. The fourth-order valence-electron chi connectivity index (χ4n) is 1.61. The average Bonchev–Trinajstić information content (AvgIpc) is 2.45. The molecule has 20 heavy (non-hydrogen) atoms. The Kier molecular flexibility index (Phi) is 5.04. The molecule has 0 fully saturated rings. The quantitative estimate of drug-likeness (QED) is 0.747. The lowest BCUT2D eigenvalue weighted by atomic mass is 10.1. The van der Waals surface area contributed by atoms with Gasteiger partial charge in [-0.25, -0.2) is 0 Å². The van der Waals surface area contributed by atoms with Crippen LogP contribution >= 0.6 is 27.5 Å². The predicted octanol–water partition coefficient (Wildman–Crippen LogP) is 4.37. The number of halogens is 2. The van der Waals surface area contributed by atoms with Crippen molar-refractivity contribution in [3.63, 3.8) is 0 Å². The largest absolute Gasteiger partial charge is 0.497 e. The molecule has 0 aromatic heterocycles. The minimum absolute atomic E-state index is 0.0503. The summed E-state index contributed by atoms with van der Waals surface area (Å²) in [6, 6.07) is 12.1. The highest BCUT2D eigenvalue weighted by atomic mass is 79.9. The molecule has 0 saturated carbocycles. The smallest absolute Gasteiger partial charge is 0.200 e. The van der Waals surface area contributed by atoms with Crippen LogP contribution in [0.1, 0.15) is 10.4 Å². The van der Waals surface area contributed by atoms with E-state index in [-0.39, 0.29) is 12.4 Å². The number of benzene rings is 2. The van der Waals surface area contributed by atoms with Gasteiger partial charge in [0.2, 0.25) is 0 Å². The number of ether oxygens (including phenoxy) is 2. The summed E-state index contributed by atoms with van der Waals surface area (Å²) in [5.74, 6) is 1.17. The van der Waals surface area contributed by atoms with E-state index in [0.29, 0.717) is 22.1 Å². The van der Waals surface area contributed by atoms with Crippen molar-refractivity contribution in [2.75, 3.05) is 13.7 Å². The lowest BCUT2D eigenvalue weighted by molar-refractivity contribution is 0.0921. The van der Waals surface area contributed by atoms with Gasteiger partial charge in [-0.05, 0) is 46.3 Å². The molecule has 0 unspecified atom stereocenters.